The highest BCUT2D eigenvalue weighted by Crippen LogP contribution is 2.29. The van der Waals surface area contributed by atoms with Crippen molar-refractivity contribution in [3.05, 3.63) is 18.2 Å². The molecule has 118 valence electrons. The molecule has 0 unspecified atom stereocenters. The smallest absolute Gasteiger partial charge is 0.322 e. The molecule has 8 heteroatoms. The normalized spacial score (nSPS) is 20.7. The van der Waals surface area contributed by atoms with Crippen molar-refractivity contribution in [3.63, 3.8) is 0 Å². The number of rotatable bonds is 6. The van der Waals surface area contributed by atoms with Gasteiger partial charge in [0.25, 0.3) is 5.91 Å². The first-order valence-corrected chi connectivity index (χ1v) is 7.41. The molecular weight excluding hydrogens is 286 g/mol. The lowest BCUT2D eigenvalue weighted by Crippen LogP contribution is -2.36. The molecule has 0 spiro atoms. The van der Waals surface area contributed by atoms with Crippen LogP contribution in [0.3, 0.4) is 0 Å². The first kappa shape index (κ1) is 14.6. The van der Waals surface area contributed by atoms with Crippen LogP contribution in [0.2, 0.25) is 0 Å². The molecule has 2 fully saturated rings. The molecule has 0 bridgehead atoms. The molecule has 1 saturated carbocycles. The van der Waals surface area contributed by atoms with Gasteiger partial charge < -0.3 is 14.8 Å². The summed E-state index contributed by atoms with van der Waals surface area (Å²) in [5.74, 6) is 0.478. The fraction of sp³-hybridized carbons (Fsp3) is 0.571. The van der Waals surface area contributed by atoms with E-state index < -0.39 is 12.1 Å². The van der Waals surface area contributed by atoms with Crippen LogP contribution in [-0.2, 0) is 23.2 Å². The molecule has 1 atom stereocenters. The van der Waals surface area contributed by atoms with E-state index in [4.69, 9.17) is 0 Å². The van der Waals surface area contributed by atoms with Gasteiger partial charge in [-0.15, -0.1) is 0 Å². The summed E-state index contributed by atoms with van der Waals surface area (Å²) < 4.78 is 1.90. The molecule has 1 aromatic heterocycles. The monoisotopic (exact) mass is 305 g/mol. The molecule has 0 aromatic carbocycles. The highest BCUT2D eigenvalue weighted by Gasteiger charge is 2.35. The van der Waals surface area contributed by atoms with Gasteiger partial charge in [-0.05, 0) is 19.3 Å². The zero-order valence-corrected chi connectivity index (χ0v) is 12.4. The number of urea groups is 1. The summed E-state index contributed by atoms with van der Waals surface area (Å²) >= 11 is 0. The summed E-state index contributed by atoms with van der Waals surface area (Å²) in [5.41, 5.74) is 0. The minimum atomic E-state index is -0.606. The van der Waals surface area contributed by atoms with E-state index >= 15 is 0 Å². The van der Waals surface area contributed by atoms with Crippen LogP contribution >= 0.6 is 0 Å². The third-order valence-electron chi connectivity index (χ3n) is 4.05. The Morgan fingerprint density at radius 1 is 1.45 bits per heavy atom. The lowest BCUT2D eigenvalue weighted by molar-refractivity contribution is -0.132. The van der Waals surface area contributed by atoms with Crippen LogP contribution in [0.15, 0.2) is 12.4 Å². The van der Waals surface area contributed by atoms with Crippen molar-refractivity contribution in [2.75, 3.05) is 0 Å². The fourth-order valence-electron chi connectivity index (χ4n) is 2.58. The Morgan fingerprint density at radius 3 is 2.77 bits per heavy atom. The highest BCUT2D eigenvalue weighted by molar-refractivity contribution is 6.04. The zero-order chi connectivity index (χ0) is 15.7. The van der Waals surface area contributed by atoms with E-state index in [1.807, 2.05) is 22.7 Å². The number of hydrogen-bond acceptors (Lipinski definition) is 4. The van der Waals surface area contributed by atoms with E-state index in [1.165, 1.54) is 0 Å². The molecule has 3 rings (SSSR count). The summed E-state index contributed by atoms with van der Waals surface area (Å²) in [5, 5.41) is 4.68. The van der Waals surface area contributed by atoms with Crippen LogP contribution in [-0.4, -0.2) is 44.4 Å². The first-order valence-electron chi connectivity index (χ1n) is 7.41. The first-order chi connectivity index (χ1) is 10.5. The van der Waals surface area contributed by atoms with Gasteiger partial charge in [-0.25, -0.2) is 9.78 Å². The average Bonchev–Trinajstić information content (AvgIpc) is 3.15. The molecular formula is C14H19N5O3. The number of nitrogens with one attached hydrogen (secondary N) is 2. The van der Waals surface area contributed by atoms with E-state index in [0.717, 1.165) is 18.7 Å². The van der Waals surface area contributed by atoms with Gasteiger partial charge in [0.15, 0.2) is 0 Å². The predicted molar refractivity (Wildman–Crippen MR) is 76.5 cm³/mol. The fourth-order valence-corrected chi connectivity index (χ4v) is 2.58. The number of amides is 4. The molecule has 1 saturated heterocycles. The number of imidazole rings is 1. The molecule has 1 aliphatic carbocycles. The van der Waals surface area contributed by atoms with Gasteiger partial charge in [-0.1, -0.05) is 0 Å². The van der Waals surface area contributed by atoms with E-state index in [2.05, 4.69) is 15.6 Å². The largest absolute Gasteiger partial charge is 0.337 e. The predicted octanol–water partition coefficient (Wildman–Crippen LogP) is -0.101. The van der Waals surface area contributed by atoms with Crippen molar-refractivity contribution < 1.29 is 14.4 Å². The Kier molecular flexibility index (Phi) is 3.82. The number of carbonyl (C=O) groups excluding carboxylic acids is 3. The number of imide groups is 1. The maximum absolute atomic E-state index is 12.5. The molecule has 2 aliphatic rings. The second-order valence-electron chi connectivity index (χ2n) is 5.76. The summed E-state index contributed by atoms with van der Waals surface area (Å²) in [6.07, 6.45) is 6.14. The zero-order valence-electron chi connectivity index (χ0n) is 12.4. The van der Waals surface area contributed by atoms with E-state index in [1.54, 1.807) is 6.20 Å². The van der Waals surface area contributed by atoms with Crippen molar-refractivity contribution >= 4 is 17.8 Å². The van der Waals surface area contributed by atoms with E-state index in [9.17, 15) is 14.4 Å². The van der Waals surface area contributed by atoms with Crippen molar-refractivity contribution in [1.29, 1.82) is 0 Å². The Hall–Kier alpha value is -2.38. The van der Waals surface area contributed by atoms with Crippen LogP contribution in [0.1, 0.15) is 31.5 Å². The lowest BCUT2D eigenvalue weighted by Gasteiger charge is -2.22. The summed E-state index contributed by atoms with van der Waals surface area (Å²) in [6, 6.07) is -0.823. The molecule has 2 N–H and O–H groups in total. The van der Waals surface area contributed by atoms with Crippen LogP contribution in [0.4, 0.5) is 4.79 Å². The van der Waals surface area contributed by atoms with Crippen molar-refractivity contribution in [2.45, 2.75) is 44.3 Å². The third kappa shape index (κ3) is 3.10. The number of nitrogens with zero attached hydrogens (tertiary/aromatic N) is 3. The molecule has 8 nitrogen and oxygen atoms in total. The second kappa shape index (κ2) is 5.78. The summed E-state index contributed by atoms with van der Waals surface area (Å²) in [7, 11) is 1.90. The van der Waals surface area contributed by atoms with Crippen LogP contribution < -0.4 is 10.6 Å². The minimum Gasteiger partial charge on any atom is -0.337 e. The van der Waals surface area contributed by atoms with Gasteiger partial charge in [0.05, 0.1) is 6.54 Å². The number of carbonyl (C=O) groups is 3. The van der Waals surface area contributed by atoms with Gasteiger partial charge in [0.1, 0.15) is 11.9 Å². The number of aromatic nitrogens is 2. The quantitative estimate of drug-likeness (QED) is 0.717. The Morgan fingerprint density at radius 2 is 2.23 bits per heavy atom. The van der Waals surface area contributed by atoms with Gasteiger partial charge >= 0.3 is 6.03 Å². The molecule has 0 radical (unpaired) electrons. The van der Waals surface area contributed by atoms with Gasteiger partial charge in [-0.2, -0.15) is 0 Å². The average molecular weight is 305 g/mol. The Balaban J connectivity index is 1.57. The van der Waals surface area contributed by atoms with Crippen molar-refractivity contribution in [3.8, 4) is 0 Å². The lowest BCUT2D eigenvalue weighted by atomic mass is 10.1. The standard InChI is InChI=1S/C14H19N5O3/c1-18-7-6-15-11(18)8-19(9-2-3-9)12(20)5-4-10-13(21)17-14(22)16-10/h6-7,9-10H,2-5,8H2,1H3,(H2,16,17,21,22)/t10-/m1/s1. The Bertz CT molecular complexity index is 607. The van der Waals surface area contributed by atoms with Gasteiger partial charge in [0.2, 0.25) is 5.91 Å². The third-order valence-corrected chi connectivity index (χ3v) is 4.05. The number of hydrogen-bond donors (Lipinski definition) is 2. The molecule has 22 heavy (non-hydrogen) atoms. The molecule has 4 amide bonds. The van der Waals surface area contributed by atoms with Crippen LogP contribution in [0.5, 0.6) is 0 Å². The molecule has 2 heterocycles. The number of aryl methyl sites for hydroxylation is 1. The van der Waals surface area contributed by atoms with Crippen LogP contribution in [0, 0.1) is 0 Å². The Labute approximate surface area is 127 Å². The van der Waals surface area contributed by atoms with E-state index in [0.29, 0.717) is 13.0 Å². The highest BCUT2D eigenvalue weighted by atomic mass is 16.2. The van der Waals surface area contributed by atoms with Crippen molar-refractivity contribution in [1.82, 2.24) is 25.1 Å². The summed E-state index contributed by atoms with van der Waals surface area (Å²) in [4.78, 5) is 41.1. The van der Waals surface area contributed by atoms with Gasteiger partial charge in [-0.3, -0.25) is 14.9 Å². The minimum absolute atomic E-state index is 0.000510. The maximum Gasteiger partial charge on any atom is 0.322 e. The summed E-state index contributed by atoms with van der Waals surface area (Å²) in [6.45, 7) is 0.482. The topological polar surface area (TPSA) is 96.3 Å². The SMILES string of the molecule is Cn1ccnc1CN(C(=O)CC[C@H]1NC(=O)NC1=O)C1CC1. The van der Waals surface area contributed by atoms with Crippen LogP contribution in [0.25, 0.3) is 0 Å². The van der Waals surface area contributed by atoms with Crippen molar-refractivity contribution in [2.24, 2.45) is 7.05 Å². The molecule has 1 aliphatic heterocycles. The van der Waals surface area contributed by atoms with E-state index in [-0.39, 0.29) is 24.3 Å². The van der Waals surface area contributed by atoms with Gasteiger partial charge in [0, 0.05) is 31.9 Å². The second-order valence-corrected chi connectivity index (χ2v) is 5.76. The molecule has 1 aromatic rings. The maximum atomic E-state index is 12.5.